The van der Waals surface area contributed by atoms with Crippen LogP contribution in [0.25, 0.3) is 0 Å². The third-order valence-corrected chi connectivity index (χ3v) is 5.96. The monoisotopic (exact) mass is 442 g/mol. The maximum absolute atomic E-state index is 13.5. The van der Waals surface area contributed by atoms with Crippen LogP contribution in [0.3, 0.4) is 0 Å². The summed E-state index contributed by atoms with van der Waals surface area (Å²) in [6.07, 6.45) is -1.91. The molecule has 0 unspecified atom stereocenters. The topological polar surface area (TPSA) is 41.6 Å². The minimum absolute atomic E-state index is 0.242. The summed E-state index contributed by atoms with van der Waals surface area (Å²) in [7, 11) is 0. The maximum atomic E-state index is 13.5. The zero-order valence-corrected chi connectivity index (χ0v) is 16.6. The molecule has 2 heterocycles. The molecular weight excluding hydrogens is 424 g/mol. The number of anilines is 1. The summed E-state index contributed by atoms with van der Waals surface area (Å²) in [6.45, 7) is 0.862. The predicted octanol–water partition coefficient (Wildman–Crippen LogP) is 5.89. The Morgan fingerprint density at radius 1 is 1.10 bits per heavy atom. The summed E-state index contributed by atoms with van der Waals surface area (Å²) in [4.78, 5) is 14.1. The highest BCUT2D eigenvalue weighted by molar-refractivity contribution is 6.32. The second-order valence-corrected chi connectivity index (χ2v) is 8.06. The second-order valence-electron chi connectivity index (χ2n) is 7.65. The van der Waals surface area contributed by atoms with Gasteiger partial charge in [0, 0.05) is 31.6 Å². The van der Waals surface area contributed by atoms with Crippen molar-refractivity contribution in [3.05, 3.63) is 58.4 Å². The van der Waals surface area contributed by atoms with Crippen molar-refractivity contribution in [2.75, 3.05) is 18.4 Å². The Balaban J connectivity index is 1.37. The van der Waals surface area contributed by atoms with Crippen LogP contribution >= 0.6 is 11.6 Å². The SMILES string of the molecule is O=C(Nc1ccc(C(F)(F)F)cc1)N1CCC2(CCc3cc(F)cc(Cl)c3O2)CC1. The lowest BCUT2D eigenvalue weighted by Gasteiger charge is -2.44. The van der Waals surface area contributed by atoms with Gasteiger partial charge in [-0.05, 0) is 54.8 Å². The summed E-state index contributed by atoms with van der Waals surface area (Å²) in [6, 6.07) is 6.61. The van der Waals surface area contributed by atoms with Crippen LogP contribution in [0.15, 0.2) is 36.4 Å². The first-order chi connectivity index (χ1) is 14.2. The molecule has 2 aliphatic heterocycles. The zero-order chi connectivity index (χ0) is 21.5. The van der Waals surface area contributed by atoms with Gasteiger partial charge in [-0.2, -0.15) is 13.2 Å². The quantitative estimate of drug-likeness (QED) is 0.559. The van der Waals surface area contributed by atoms with Gasteiger partial charge < -0.3 is 15.0 Å². The number of aryl methyl sites for hydroxylation is 1. The van der Waals surface area contributed by atoms with Crippen molar-refractivity contribution in [2.24, 2.45) is 0 Å². The zero-order valence-electron chi connectivity index (χ0n) is 15.9. The molecule has 1 N–H and O–H groups in total. The number of alkyl halides is 3. The van der Waals surface area contributed by atoms with Crippen LogP contribution in [-0.2, 0) is 12.6 Å². The lowest BCUT2D eigenvalue weighted by molar-refractivity contribution is -0.137. The largest absolute Gasteiger partial charge is 0.485 e. The van der Waals surface area contributed by atoms with E-state index < -0.39 is 23.2 Å². The van der Waals surface area contributed by atoms with Crippen molar-refractivity contribution in [1.82, 2.24) is 4.90 Å². The molecule has 0 bridgehead atoms. The highest BCUT2D eigenvalue weighted by Gasteiger charge is 2.41. The van der Waals surface area contributed by atoms with E-state index in [4.69, 9.17) is 16.3 Å². The number of rotatable bonds is 1. The number of likely N-dealkylation sites (tertiary alicyclic amines) is 1. The molecule has 160 valence electrons. The number of ether oxygens (including phenoxy) is 1. The van der Waals surface area contributed by atoms with Crippen molar-refractivity contribution in [3.8, 4) is 5.75 Å². The minimum Gasteiger partial charge on any atom is -0.485 e. The number of carbonyl (C=O) groups excluding carboxylic acids is 1. The van der Waals surface area contributed by atoms with Crippen LogP contribution in [0, 0.1) is 5.82 Å². The van der Waals surface area contributed by atoms with Crippen LogP contribution in [0.4, 0.5) is 28.0 Å². The fourth-order valence-corrected chi connectivity index (χ4v) is 4.22. The molecule has 0 saturated carbocycles. The van der Waals surface area contributed by atoms with Crippen LogP contribution in [-0.4, -0.2) is 29.6 Å². The number of benzene rings is 2. The van der Waals surface area contributed by atoms with Crippen LogP contribution < -0.4 is 10.1 Å². The molecule has 2 aromatic carbocycles. The Morgan fingerprint density at radius 3 is 2.40 bits per heavy atom. The number of nitrogens with zero attached hydrogens (tertiary/aromatic N) is 1. The maximum Gasteiger partial charge on any atom is 0.416 e. The smallest absolute Gasteiger partial charge is 0.416 e. The Morgan fingerprint density at radius 2 is 1.77 bits per heavy atom. The van der Waals surface area contributed by atoms with Crippen molar-refractivity contribution in [1.29, 1.82) is 0 Å². The normalized spacial score (nSPS) is 18.0. The van der Waals surface area contributed by atoms with E-state index in [1.807, 2.05) is 0 Å². The summed E-state index contributed by atoms with van der Waals surface area (Å²) in [5.41, 5.74) is -0.189. The predicted molar refractivity (Wildman–Crippen MR) is 104 cm³/mol. The van der Waals surface area contributed by atoms with E-state index in [9.17, 15) is 22.4 Å². The highest BCUT2D eigenvalue weighted by atomic mass is 35.5. The number of nitrogens with one attached hydrogen (secondary N) is 1. The number of amides is 2. The first-order valence-corrected chi connectivity index (χ1v) is 9.93. The van der Waals surface area contributed by atoms with Gasteiger partial charge in [0.2, 0.25) is 0 Å². The summed E-state index contributed by atoms with van der Waals surface area (Å²) >= 11 is 6.15. The second kappa shape index (κ2) is 7.65. The molecule has 4 rings (SSSR count). The Bertz CT molecular complexity index is 955. The lowest BCUT2D eigenvalue weighted by Crippen LogP contribution is -2.52. The Hall–Kier alpha value is -2.48. The van der Waals surface area contributed by atoms with Crippen molar-refractivity contribution < 1.29 is 27.1 Å². The highest BCUT2D eigenvalue weighted by Crippen LogP contribution is 2.43. The molecule has 1 saturated heterocycles. The van der Waals surface area contributed by atoms with Crippen molar-refractivity contribution in [2.45, 2.75) is 37.5 Å². The molecule has 30 heavy (non-hydrogen) atoms. The number of piperidine rings is 1. The first-order valence-electron chi connectivity index (χ1n) is 9.55. The average molecular weight is 443 g/mol. The molecule has 2 aromatic rings. The molecule has 2 amide bonds. The molecule has 0 radical (unpaired) electrons. The van der Waals surface area contributed by atoms with Crippen LogP contribution in [0.1, 0.15) is 30.4 Å². The summed E-state index contributed by atoms with van der Waals surface area (Å²) in [5, 5.41) is 2.87. The number of halogens is 5. The van der Waals surface area contributed by atoms with Gasteiger partial charge in [-0.3, -0.25) is 0 Å². The van der Waals surface area contributed by atoms with Gasteiger partial charge >= 0.3 is 12.2 Å². The average Bonchev–Trinajstić information content (AvgIpc) is 2.69. The first kappa shape index (κ1) is 20.8. The van der Waals surface area contributed by atoms with Gasteiger partial charge in [0.05, 0.1) is 10.6 Å². The number of hydrogen-bond donors (Lipinski definition) is 1. The molecule has 2 aliphatic rings. The van der Waals surface area contributed by atoms with Crippen LogP contribution in [0.5, 0.6) is 5.75 Å². The molecule has 1 spiro atoms. The van der Waals surface area contributed by atoms with E-state index >= 15 is 0 Å². The third-order valence-electron chi connectivity index (χ3n) is 5.68. The molecule has 1 fully saturated rings. The van der Waals surface area contributed by atoms with Crippen molar-refractivity contribution in [3.63, 3.8) is 0 Å². The molecule has 4 nitrogen and oxygen atoms in total. The molecule has 0 aromatic heterocycles. The number of hydrogen-bond acceptors (Lipinski definition) is 2. The lowest BCUT2D eigenvalue weighted by atomic mass is 9.83. The fourth-order valence-electron chi connectivity index (χ4n) is 3.96. The number of urea groups is 1. The van der Waals surface area contributed by atoms with Gasteiger partial charge in [-0.25, -0.2) is 9.18 Å². The molecule has 0 atom stereocenters. The molecular formula is C21H19ClF4N2O2. The van der Waals surface area contributed by atoms with E-state index in [-0.39, 0.29) is 11.1 Å². The third kappa shape index (κ3) is 4.19. The van der Waals surface area contributed by atoms with Gasteiger partial charge in [-0.15, -0.1) is 0 Å². The van der Waals surface area contributed by atoms with Crippen molar-refractivity contribution >= 4 is 23.3 Å². The Kier molecular flexibility index (Phi) is 5.30. The standard InChI is InChI=1S/C21H19ClF4N2O2/c22-17-12-15(23)11-13-5-6-20(30-18(13)17)7-9-28(10-8-20)19(29)27-16-3-1-14(2-4-16)21(24,25)26/h1-4,11-12H,5-10H2,(H,27,29). The van der Waals surface area contributed by atoms with E-state index in [2.05, 4.69) is 5.32 Å². The van der Waals surface area contributed by atoms with Gasteiger partial charge in [0.25, 0.3) is 0 Å². The van der Waals surface area contributed by atoms with Gasteiger partial charge in [0.1, 0.15) is 17.2 Å². The van der Waals surface area contributed by atoms with Crippen LogP contribution in [0.2, 0.25) is 5.02 Å². The molecule has 0 aliphatic carbocycles. The summed E-state index contributed by atoms with van der Waals surface area (Å²) < 4.78 is 57.7. The van der Waals surface area contributed by atoms with E-state index in [1.54, 1.807) is 4.90 Å². The minimum atomic E-state index is -4.42. The summed E-state index contributed by atoms with van der Waals surface area (Å²) in [5.74, 6) is 0.111. The van der Waals surface area contributed by atoms with E-state index in [0.29, 0.717) is 50.2 Å². The van der Waals surface area contributed by atoms with Gasteiger partial charge in [-0.1, -0.05) is 11.6 Å². The van der Waals surface area contributed by atoms with E-state index in [0.717, 1.165) is 17.7 Å². The Labute approximate surface area is 175 Å². The molecule has 9 heteroatoms. The van der Waals surface area contributed by atoms with E-state index in [1.165, 1.54) is 24.3 Å². The fraction of sp³-hybridized carbons (Fsp3) is 0.381. The number of fused-ring (bicyclic) bond motifs is 1. The van der Waals surface area contributed by atoms with Gasteiger partial charge in [0.15, 0.2) is 0 Å². The number of carbonyl (C=O) groups is 1.